The third-order valence-electron chi connectivity index (χ3n) is 3.52. The van der Waals surface area contributed by atoms with E-state index in [1.807, 2.05) is 55.5 Å². The van der Waals surface area contributed by atoms with Gasteiger partial charge in [-0.25, -0.2) is 9.97 Å². The number of ether oxygens (including phenoxy) is 1. The van der Waals surface area contributed by atoms with Gasteiger partial charge in [-0.05, 0) is 36.8 Å². The van der Waals surface area contributed by atoms with Crippen LogP contribution in [-0.2, 0) is 6.54 Å². The first-order valence-electron chi connectivity index (χ1n) is 7.52. The largest absolute Gasteiger partial charge is 0.497 e. The molecule has 0 saturated heterocycles. The van der Waals surface area contributed by atoms with Crippen LogP contribution in [0.4, 0.5) is 5.82 Å². The Bertz CT molecular complexity index is 770. The molecule has 0 unspecified atom stereocenters. The number of anilines is 1. The molecule has 0 radical (unpaired) electrons. The zero-order valence-electron chi connectivity index (χ0n) is 13.3. The molecule has 0 fully saturated rings. The lowest BCUT2D eigenvalue weighted by molar-refractivity contribution is 0.415. The molecule has 1 heterocycles. The van der Waals surface area contributed by atoms with Crippen molar-refractivity contribution < 1.29 is 4.74 Å². The van der Waals surface area contributed by atoms with E-state index in [0.29, 0.717) is 5.82 Å². The van der Waals surface area contributed by atoms with E-state index < -0.39 is 0 Å². The molecule has 4 nitrogen and oxygen atoms in total. The summed E-state index contributed by atoms with van der Waals surface area (Å²) in [7, 11) is 1.66. The fraction of sp³-hybridized carbons (Fsp3) is 0.158. The smallest absolute Gasteiger partial charge is 0.161 e. The molecule has 1 aromatic heterocycles. The van der Waals surface area contributed by atoms with E-state index in [1.165, 1.54) is 5.56 Å². The molecular weight excluding hydrogens is 286 g/mol. The highest BCUT2D eigenvalue weighted by molar-refractivity contribution is 5.58. The zero-order chi connectivity index (χ0) is 16.1. The van der Waals surface area contributed by atoms with E-state index in [9.17, 15) is 0 Å². The van der Waals surface area contributed by atoms with E-state index in [2.05, 4.69) is 27.4 Å². The lowest BCUT2D eigenvalue weighted by Crippen LogP contribution is -2.03. The van der Waals surface area contributed by atoms with E-state index in [0.717, 1.165) is 29.4 Å². The van der Waals surface area contributed by atoms with Crippen molar-refractivity contribution in [2.75, 3.05) is 12.4 Å². The minimum atomic E-state index is 0.711. The van der Waals surface area contributed by atoms with Gasteiger partial charge in [0.1, 0.15) is 11.6 Å². The monoisotopic (exact) mass is 305 g/mol. The van der Waals surface area contributed by atoms with Gasteiger partial charge >= 0.3 is 0 Å². The quantitative estimate of drug-likeness (QED) is 0.772. The molecule has 3 aromatic rings. The van der Waals surface area contributed by atoms with Crippen molar-refractivity contribution >= 4 is 5.82 Å². The predicted molar refractivity (Wildman–Crippen MR) is 92.5 cm³/mol. The number of benzene rings is 2. The van der Waals surface area contributed by atoms with E-state index in [1.54, 1.807) is 7.11 Å². The van der Waals surface area contributed by atoms with Gasteiger partial charge in [0.05, 0.1) is 7.11 Å². The molecule has 0 atom stereocenters. The number of hydrogen-bond donors (Lipinski definition) is 1. The first kappa shape index (κ1) is 15.0. The Balaban J connectivity index is 1.80. The zero-order valence-corrected chi connectivity index (χ0v) is 13.3. The van der Waals surface area contributed by atoms with Gasteiger partial charge in [0.15, 0.2) is 5.82 Å². The van der Waals surface area contributed by atoms with E-state index in [-0.39, 0.29) is 0 Å². The Hall–Kier alpha value is -2.88. The molecule has 0 spiro atoms. The number of methoxy groups -OCH3 is 1. The molecule has 4 heteroatoms. The van der Waals surface area contributed by atoms with Crippen LogP contribution in [0.1, 0.15) is 11.3 Å². The first-order valence-corrected chi connectivity index (χ1v) is 7.52. The number of nitrogens with zero attached hydrogens (tertiary/aromatic N) is 2. The summed E-state index contributed by atoms with van der Waals surface area (Å²) in [4.78, 5) is 9.13. The summed E-state index contributed by atoms with van der Waals surface area (Å²) >= 11 is 0. The van der Waals surface area contributed by atoms with Gasteiger partial charge in [-0.15, -0.1) is 0 Å². The van der Waals surface area contributed by atoms with Crippen molar-refractivity contribution in [2.45, 2.75) is 13.5 Å². The van der Waals surface area contributed by atoms with Crippen LogP contribution in [0.2, 0.25) is 0 Å². The Morgan fingerprint density at radius 3 is 2.39 bits per heavy atom. The molecule has 23 heavy (non-hydrogen) atoms. The maximum absolute atomic E-state index is 5.19. The van der Waals surface area contributed by atoms with Crippen molar-refractivity contribution in [1.29, 1.82) is 0 Å². The Kier molecular flexibility index (Phi) is 4.52. The van der Waals surface area contributed by atoms with Gasteiger partial charge in [-0.2, -0.15) is 0 Å². The molecule has 0 aliphatic rings. The summed E-state index contributed by atoms with van der Waals surface area (Å²) in [5.41, 5.74) is 3.12. The second-order valence-electron chi connectivity index (χ2n) is 5.29. The topological polar surface area (TPSA) is 47.0 Å². The standard InChI is InChI=1S/C19H19N3O/c1-14-12-18(20-13-15-6-4-3-5-7-15)22-19(21-14)16-8-10-17(23-2)11-9-16/h3-12H,13H2,1-2H3,(H,20,21,22). The highest BCUT2D eigenvalue weighted by Gasteiger charge is 2.05. The summed E-state index contributed by atoms with van der Waals surface area (Å²) in [5.74, 6) is 2.36. The van der Waals surface area contributed by atoms with Crippen LogP contribution >= 0.6 is 0 Å². The number of aromatic nitrogens is 2. The van der Waals surface area contributed by atoms with Crippen LogP contribution in [-0.4, -0.2) is 17.1 Å². The fourth-order valence-corrected chi connectivity index (χ4v) is 2.32. The highest BCUT2D eigenvalue weighted by atomic mass is 16.5. The molecule has 0 amide bonds. The van der Waals surface area contributed by atoms with Crippen LogP contribution in [0.15, 0.2) is 60.7 Å². The summed E-state index contributed by atoms with van der Waals surface area (Å²) in [6.45, 7) is 2.71. The Morgan fingerprint density at radius 2 is 1.70 bits per heavy atom. The molecule has 1 N–H and O–H groups in total. The molecule has 0 aliphatic heterocycles. The van der Waals surface area contributed by atoms with Gasteiger partial charge in [-0.3, -0.25) is 0 Å². The minimum absolute atomic E-state index is 0.711. The van der Waals surface area contributed by atoms with Crippen molar-refractivity contribution in [3.8, 4) is 17.1 Å². The molecule has 0 bridgehead atoms. The number of hydrogen-bond acceptors (Lipinski definition) is 4. The average molecular weight is 305 g/mol. The van der Waals surface area contributed by atoms with Crippen LogP contribution in [0.25, 0.3) is 11.4 Å². The summed E-state index contributed by atoms with van der Waals surface area (Å²) in [5, 5.41) is 3.36. The number of rotatable bonds is 5. The summed E-state index contributed by atoms with van der Waals surface area (Å²) < 4.78 is 5.19. The summed E-state index contributed by atoms with van der Waals surface area (Å²) in [6.07, 6.45) is 0. The maximum Gasteiger partial charge on any atom is 0.161 e. The van der Waals surface area contributed by atoms with E-state index in [4.69, 9.17) is 4.74 Å². The molecule has 116 valence electrons. The van der Waals surface area contributed by atoms with Gasteiger partial charge in [0.25, 0.3) is 0 Å². The van der Waals surface area contributed by atoms with Gasteiger partial charge < -0.3 is 10.1 Å². The lowest BCUT2D eigenvalue weighted by atomic mass is 10.2. The maximum atomic E-state index is 5.19. The minimum Gasteiger partial charge on any atom is -0.497 e. The van der Waals surface area contributed by atoms with Gasteiger partial charge in [0, 0.05) is 23.9 Å². The second-order valence-corrected chi connectivity index (χ2v) is 5.29. The van der Waals surface area contributed by atoms with Gasteiger partial charge in [-0.1, -0.05) is 30.3 Å². The predicted octanol–water partition coefficient (Wildman–Crippen LogP) is 4.07. The van der Waals surface area contributed by atoms with Crippen LogP contribution < -0.4 is 10.1 Å². The van der Waals surface area contributed by atoms with Crippen LogP contribution in [0.5, 0.6) is 5.75 Å². The van der Waals surface area contributed by atoms with Crippen LogP contribution in [0.3, 0.4) is 0 Å². The highest BCUT2D eigenvalue weighted by Crippen LogP contribution is 2.21. The number of aryl methyl sites for hydroxylation is 1. The lowest BCUT2D eigenvalue weighted by Gasteiger charge is -2.09. The molecular formula is C19H19N3O. The fourth-order valence-electron chi connectivity index (χ4n) is 2.32. The summed E-state index contributed by atoms with van der Waals surface area (Å²) in [6, 6.07) is 20.0. The number of nitrogens with one attached hydrogen (secondary N) is 1. The Morgan fingerprint density at radius 1 is 0.957 bits per heavy atom. The van der Waals surface area contributed by atoms with Gasteiger partial charge in [0.2, 0.25) is 0 Å². The molecule has 0 saturated carbocycles. The van der Waals surface area contributed by atoms with E-state index >= 15 is 0 Å². The molecule has 3 rings (SSSR count). The SMILES string of the molecule is COc1ccc(-c2nc(C)cc(NCc3ccccc3)n2)cc1. The molecule has 0 aliphatic carbocycles. The van der Waals surface area contributed by atoms with Crippen molar-refractivity contribution in [1.82, 2.24) is 9.97 Å². The second kappa shape index (κ2) is 6.92. The molecule has 2 aromatic carbocycles. The van der Waals surface area contributed by atoms with Crippen molar-refractivity contribution in [3.05, 3.63) is 71.9 Å². The van der Waals surface area contributed by atoms with Crippen molar-refractivity contribution in [3.63, 3.8) is 0 Å². The van der Waals surface area contributed by atoms with Crippen molar-refractivity contribution in [2.24, 2.45) is 0 Å². The Labute approximate surface area is 136 Å². The third-order valence-corrected chi connectivity index (χ3v) is 3.52. The first-order chi connectivity index (χ1) is 11.2. The average Bonchev–Trinajstić information content (AvgIpc) is 2.60. The third kappa shape index (κ3) is 3.86. The van der Waals surface area contributed by atoms with Crippen LogP contribution in [0, 0.1) is 6.92 Å². The normalized spacial score (nSPS) is 10.3.